The number of aliphatic hydroxyl groups is 4. The van der Waals surface area contributed by atoms with Crippen LogP contribution in [0.25, 0.3) is 0 Å². The van der Waals surface area contributed by atoms with Crippen molar-refractivity contribution in [2.45, 2.75) is 192 Å². The zero-order valence-electron chi connectivity index (χ0n) is 25.2. The normalized spacial score (nSPS) is 14.8. The molecule has 6 nitrogen and oxygen atoms in total. The molecule has 0 fully saturated rings. The number of unbranched alkanes of at least 4 members (excludes halogenated alkanes) is 20. The Kier molecular flexibility index (Phi) is 27.4. The highest BCUT2D eigenvalue weighted by Gasteiger charge is 2.28. The Morgan fingerprint density at radius 2 is 0.895 bits per heavy atom. The first kappa shape index (κ1) is 37.3. The van der Waals surface area contributed by atoms with Crippen LogP contribution in [0.15, 0.2) is 0 Å². The maximum absolute atomic E-state index is 12.3. The van der Waals surface area contributed by atoms with Gasteiger partial charge in [-0.3, -0.25) is 4.79 Å². The van der Waals surface area contributed by atoms with Gasteiger partial charge in [0.2, 0.25) is 5.91 Å². The molecule has 0 spiro atoms. The molecule has 228 valence electrons. The first-order valence-electron chi connectivity index (χ1n) is 16.4. The van der Waals surface area contributed by atoms with Crippen molar-refractivity contribution >= 4 is 5.91 Å². The molecule has 0 aliphatic heterocycles. The first-order chi connectivity index (χ1) is 18.5. The summed E-state index contributed by atoms with van der Waals surface area (Å²) in [7, 11) is 0. The second-order valence-corrected chi connectivity index (χ2v) is 11.5. The second kappa shape index (κ2) is 27.9. The van der Waals surface area contributed by atoms with Crippen LogP contribution in [-0.4, -0.2) is 57.3 Å². The smallest absolute Gasteiger partial charge is 0.249 e. The first-order valence-corrected chi connectivity index (χ1v) is 16.4. The third kappa shape index (κ3) is 22.2. The Balaban J connectivity index is 3.83. The quantitative estimate of drug-likeness (QED) is 0.0656. The van der Waals surface area contributed by atoms with Crippen LogP contribution in [0.2, 0.25) is 0 Å². The van der Waals surface area contributed by atoms with Gasteiger partial charge in [-0.2, -0.15) is 0 Å². The number of hydrogen-bond donors (Lipinski definition) is 5. The minimum absolute atomic E-state index is 0.374. The molecular weight excluding hydrogens is 478 g/mol. The molecule has 0 aliphatic rings. The standard InChI is InChI=1S/C32H65NO5/c1-3-5-7-9-11-13-14-15-16-17-18-20-22-24-26-30(36)32(38)33-28(27-34)31(37)29(35)25-23-21-19-12-10-8-6-4-2/h28-31,34-37H,3-27H2,1-2H3,(H,33,38). The van der Waals surface area contributed by atoms with Gasteiger partial charge in [-0.15, -0.1) is 0 Å². The van der Waals surface area contributed by atoms with E-state index < -0.39 is 36.9 Å². The molecule has 4 unspecified atom stereocenters. The predicted molar refractivity (Wildman–Crippen MR) is 159 cm³/mol. The van der Waals surface area contributed by atoms with E-state index in [0.29, 0.717) is 12.8 Å². The van der Waals surface area contributed by atoms with Crippen LogP contribution in [0.4, 0.5) is 0 Å². The molecule has 0 aromatic rings. The highest BCUT2D eigenvalue weighted by atomic mass is 16.3. The van der Waals surface area contributed by atoms with Crippen LogP contribution in [0, 0.1) is 0 Å². The van der Waals surface area contributed by atoms with Crippen LogP contribution < -0.4 is 5.32 Å². The number of nitrogens with one attached hydrogen (secondary N) is 1. The third-order valence-electron chi connectivity index (χ3n) is 7.82. The molecule has 38 heavy (non-hydrogen) atoms. The summed E-state index contributed by atoms with van der Waals surface area (Å²) < 4.78 is 0. The molecule has 0 radical (unpaired) electrons. The van der Waals surface area contributed by atoms with Crippen molar-refractivity contribution < 1.29 is 25.2 Å². The maximum Gasteiger partial charge on any atom is 0.249 e. The van der Waals surface area contributed by atoms with Gasteiger partial charge in [0.15, 0.2) is 0 Å². The van der Waals surface area contributed by atoms with Crippen LogP contribution in [0.3, 0.4) is 0 Å². The van der Waals surface area contributed by atoms with Gasteiger partial charge in [-0.25, -0.2) is 0 Å². The number of carbonyl (C=O) groups is 1. The molecular formula is C32H65NO5. The van der Waals surface area contributed by atoms with Gasteiger partial charge >= 0.3 is 0 Å². The highest BCUT2D eigenvalue weighted by Crippen LogP contribution is 2.15. The van der Waals surface area contributed by atoms with Crippen molar-refractivity contribution in [1.29, 1.82) is 0 Å². The average molecular weight is 544 g/mol. The number of hydrogen-bond acceptors (Lipinski definition) is 5. The number of amides is 1. The van der Waals surface area contributed by atoms with Gasteiger partial charge in [0.05, 0.1) is 18.8 Å². The summed E-state index contributed by atoms with van der Waals surface area (Å²) in [6.07, 6.45) is 24.1. The van der Waals surface area contributed by atoms with Crippen LogP contribution in [0.5, 0.6) is 0 Å². The van der Waals surface area contributed by atoms with Crippen molar-refractivity contribution in [2.75, 3.05) is 6.61 Å². The maximum atomic E-state index is 12.3. The fourth-order valence-corrected chi connectivity index (χ4v) is 5.11. The van der Waals surface area contributed by atoms with Crippen molar-refractivity contribution in [1.82, 2.24) is 5.32 Å². The lowest BCUT2D eigenvalue weighted by molar-refractivity contribution is -0.132. The van der Waals surface area contributed by atoms with E-state index in [1.165, 1.54) is 103 Å². The summed E-state index contributed by atoms with van der Waals surface area (Å²) in [4.78, 5) is 12.3. The van der Waals surface area contributed by atoms with E-state index in [9.17, 15) is 25.2 Å². The lowest BCUT2D eigenvalue weighted by Crippen LogP contribution is -2.53. The van der Waals surface area contributed by atoms with Crippen molar-refractivity contribution in [3.8, 4) is 0 Å². The van der Waals surface area contributed by atoms with Crippen molar-refractivity contribution in [3.63, 3.8) is 0 Å². The second-order valence-electron chi connectivity index (χ2n) is 11.5. The van der Waals surface area contributed by atoms with Crippen LogP contribution >= 0.6 is 0 Å². The van der Waals surface area contributed by atoms with E-state index in [1.54, 1.807) is 0 Å². The van der Waals surface area contributed by atoms with Gasteiger partial charge in [0.1, 0.15) is 12.2 Å². The molecule has 0 aromatic carbocycles. The summed E-state index contributed by atoms with van der Waals surface area (Å²) in [6.45, 7) is 3.98. The Morgan fingerprint density at radius 1 is 0.553 bits per heavy atom. The van der Waals surface area contributed by atoms with Gasteiger partial charge in [-0.1, -0.05) is 155 Å². The van der Waals surface area contributed by atoms with E-state index in [2.05, 4.69) is 19.2 Å². The van der Waals surface area contributed by atoms with Gasteiger partial charge < -0.3 is 25.7 Å². The highest BCUT2D eigenvalue weighted by molar-refractivity contribution is 5.80. The molecule has 0 bridgehead atoms. The van der Waals surface area contributed by atoms with Crippen LogP contribution in [-0.2, 0) is 4.79 Å². The van der Waals surface area contributed by atoms with Gasteiger partial charge in [-0.05, 0) is 12.8 Å². The van der Waals surface area contributed by atoms with Gasteiger partial charge in [0.25, 0.3) is 0 Å². The molecule has 0 saturated heterocycles. The minimum atomic E-state index is -1.25. The minimum Gasteiger partial charge on any atom is -0.394 e. The Labute approximate surface area is 235 Å². The van der Waals surface area contributed by atoms with Crippen molar-refractivity contribution in [2.24, 2.45) is 0 Å². The fraction of sp³-hybridized carbons (Fsp3) is 0.969. The fourth-order valence-electron chi connectivity index (χ4n) is 5.11. The third-order valence-corrected chi connectivity index (χ3v) is 7.82. The SMILES string of the molecule is CCCCCCCCCCCCCCCCC(O)C(=O)NC(CO)C(O)C(O)CCCCCCCCCC. The number of aliphatic hydroxyl groups excluding tert-OH is 4. The average Bonchev–Trinajstić information content (AvgIpc) is 2.92. The lowest BCUT2D eigenvalue weighted by atomic mass is 9.99. The van der Waals surface area contributed by atoms with Crippen LogP contribution in [0.1, 0.15) is 168 Å². The summed E-state index contributed by atoms with van der Waals surface area (Å²) in [5.41, 5.74) is 0. The molecule has 0 saturated carbocycles. The summed E-state index contributed by atoms with van der Waals surface area (Å²) in [5.74, 6) is -0.586. The zero-order valence-corrected chi connectivity index (χ0v) is 25.2. The monoisotopic (exact) mass is 543 g/mol. The number of carbonyl (C=O) groups excluding carboxylic acids is 1. The van der Waals surface area contributed by atoms with E-state index in [1.807, 2.05) is 0 Å². The molecule has 1 amide bonds. The van der Waals surface area contributed by atoms with E-state index in [4.69, 9.17) is 0 Å². The molecule has 0 aromatic heterocycles. The molecule has 0 heterocycles. The Hall–Kier alpha value is -0.690. The summed E-state index contributed by atoms with van der Waals surface area (Å²) in [5, 5.41) is 43.1. The Morgan fingerprint density at radius 3 is 1.26 bits per heavy atom. The van der Waals surface area contributed by atoms with Crippen molar-refractivity contribution in [3.05, 3.63) is 0 Å². The molecule has 4 atom stereocenters. The molecule has 0 aliphatic carbocycles. The van der Waals surface area contributed by atoms with E-state index in [-0.39, 0.29) is 0 Å². The largest absolute Gasteiger partial charge is 0.394 e. The predicted octanol–water partition coefficient (Wildman–Crippen LogP) is 6.95. The van der Waals surface area contributed by atoms with E-state index >= 15 is 0 Å². The Bertz CT molecular complexity index is 504. The topological polar surface area (TPSA) is 110 Å². The zero-order chi connectivity index (χ0) is 28.3. The van der Waals surface area contributed by atoms with E-state index in [0.717, 1.165) is 38.5 Å². The summed E-state index contributed by atoms with van der Waals surface area (Å²) >= 11 is 0. The molecule has 6 heteroatoms. The molecule has 0 rings (SSSR count). The lowest BCUT2D eigenvalue weighted by Gasteiger charge is -2.27. The number of rotatable bonds is 29. The summed E-state index contributed by atoms with van der Waals surface area (Å²) in [6, 6.07) is -0.975. The molecule has 5 N–H and O–H groups in total. The van der Waals surface area contributed by atoms with Gasteiger partial charge in [0, 0.05) is 0 Å².